The Morgan fingerprint density at radius 2 is 1.97 bits per heavy atom. The third-order valence-corrected chi connectivity index (χ3v) is 5.15. The van der Waals surface area contributed by atoms with Gasteiger partial charge >= 0.3 is 0 Å². The highest BCUT2D eigenvalue weighted by molar-refractivity contribution is 5.96. The highest BCUT2D eigenvalue weighted by Gasteiger charge is 2.13. The molecule has 3 aromatic rings. The highest BCUT2D eigenvalue weighted by atomic mass is 19.1. The number of hydrogen-bond donors (Lipinski definition) is 2. The maximum absolute atomic E-state index is 13.1. The molecule has 2 heterocycles. The van der Waals surface area contributed by atoms with Crippen molar-refractivity contribution < 1.29 is 14.0 Å². The number of aromatic nitrogens is 2. The first kappa shape index (κ1) is 26.8. The summed E-state index contributed by atoms with van der Waals surface area (Å²) in [5.41, 5.74) is 6.81. The van der Waals surface area contributed by atoms with Gasteiger partial charge < -0.3 is 9.88 Å². The second-order valence-corrected chi connectivity index (χ2v) is 7.76. The van der Waals surface area contributed by atoms with Crippen LogP contribution < -0.4 is 10.8 Å². The van der Waals surface area contributed by atoms with E-state index in [1.807, 2.05) is 6.20 Å². The van der Waals surface area contributed by atoms with Crippen LogP contribution in [0.1, 0.15) is 55.2 Å². The average molecular weight is 467 g/mol. The van der Waals surface area contributed by atoms with Crippen molar-refractivity contribution >= 4 is 16.8 Å². The summed E-state index contributed by atoms with van der Waals surface area (Å²) >= 11 is 0. The van der Waals surface area contributed by atoms with Gasteiger partial charge in [0.05, 0.1) is 18.3 Å². The molecule has 0 spiro atoms. The number of nitrogens with one attached hydrogen (secondary N) is 2. The molecule has 0 saturated carbocycles. The van der Waals surface area contributed by atoms with E-state index in [9.17, 15) is 9.18 Å². The molecule has 34 heavy (non-hydrogen) atoms. The van der Waals surface area contributed by atoms with Crippen molar-refractivity contribution in [3.8, 4) is 0 Å². The molecule has 3 rings (SSSR count). The smallest absolute Gasteiger partial charge is 0.293 e. The van der Waals surface area contributed by atoms with Gasteiger partial charge in [-0.3, -0.25) is 9.63 Å². The van der Waals surface area contributed by atoms with Crippen LogP contribution in [0.3, 0.4) is 0 Å². The molecule has 6 nitrogen and oxygen atoms in total. The topological polar surface area (TPSA) is 68.2 Å². The van der Waals surface area contributed by atoms with Crippen LogP contribution >= 0.6 is 0 Å². The van der Waals surface area contributed by atoms with Gasteiger partial charge in [0.25, 0.3) is 5.91 Å². The zero-order valence-corrected chi connectivity index (χ0v) is 20.4. The summed E-state index contributed by atoms with van der Waals surface area (Å²) in [6.45, 7) is 15.5. The molecule has 0 saturated heterocycles. The van der Waals surface area contributed by atoms with Crippen molar-refractivity contribution in [1.82, 2.24) is 20.3 Å². The lowest BCUT2D eigenvalue weighted by Gasteiger charge is -2.07. The minimum atomic E-state index is -0.401. The third kappa shape index (κ3) is 7.85. The van der Waals surface area contributed by atoms with E-state index in [0.717, 1.165) is 47.1 Å². The molecule has 1 amide bonds. The van der Waals surface area contributed by atoms with E-state index in [0.29, 0.717) is 6.54 Å². The molecule has 0 fully saturated rings. The first-order valence-electron chi connectivity index (χ1n) is 11.6. The molecular weight excluding hydrogens is 431 g/mol. The number of fused-ring (bicyclic) bond motifs is 1. The van der Waals surface area contributed by atoms with Gasteiger partial charge in [-0.15, -0.1) is 6.58 Å². The quantitative estimate of drug-likeness (QED) is 0.221. The van der Waals surface area contributed by atoms with E-state index in [1.54, 1.807) is 30.5 Å². The molecule has 0 unspecified atom stereocenters. The summed E-state index contributed by atoms with van der Waals surface area (Å²) in [5, 5.41) is 4.16. The summed E-state index contributed by atoms with van der Waals surface area (Å²) in [5.74, 6) is -0.654. The Morgan fingerprint density at radius 1 is 1.24 bits per heavy atom. The Labute approximate surface area is 201 Å². The van der Waals surface area contributed by atoms with Crippen molar-refractivity contribution in [3.63, 3.8) is 0 Å². The Balaban J connectivity index is 0.000000440. The Hall–Kier alpha value is -3.45. The second kappa shape index (κ2) is 14.0. The number of carbonyl (C=O) groups is 1. The van der Waals surface area contributed by atoms with Gasteiger partial charge in [-0.25, -0.2) is 14.9 Å². The van der Waals surface area contributed by atoms with Gasteiger partial charge in [0, 0.05) is 30.4 Å². The molecular formula is C27H35FN4O2. The van der Waals surface area contributed by atoms with Crippen LogP contribution in [0.2, 0.25) is 0 Å². The van der Waals surface area contributed by atoms with Gasteiger partial charge in [-0.2, -0.15) is 0 Å². The summed E-state index contributed by atoms with van der Waals surface area (Å²) < 4.78 is 15.2. The second-order valence-electron chi connectivity index (χ2n) is 7.76. The predicted octanol–water partition coefficient (Wildman–Crippen LogP) is 5.54. The van der Waals surface area contributed by atoms with E-state index in [4.69, 9.17) is 4.84 Å². The van der Waals surface area contributed by atoms with Gasteiger partial charge in [0.2, 0.25) is 0 Å². The largest absolute Gasteiger partial charge is 0.389 e. The Bertz CT molecular complexity index is 1090. The highest BCUT2D eigenvalue weighted by Crippen LogP contribution is 2.23. The molecule has 0 bridgehead atoms. The minimum absolute atomic E-state index is 0.224. The number of aryl methyl sites for hydroxylation is 1. The zero-order chi connectivity index (χ0) is 24.9. The zero-order valence-electron chi connectivity index (χ0n) is 20.4. The molecule has 0 aliphatic carbocycles. The lowest BCUT2D eigenvalue weighted by Crippen LogP contribution is -2.24. The van der Waals surface area contributed by atoms with Crippen molar-refractivity contribution in [2.75, 3.05) is 13.2 Å². The fraction of sp³-hybridized carbons (Fsp3) is 0.333. The van der Waals surface area contributed by atoms with Gasteiger partial charge in [-0.05, 0) is 48.6 Å². The Kier molecular flexibility index (Phi) is 11.0. The number of carbonyl (C=O) groups excluding carboxylic acids is 1. The number of benzene rings is 1. The maximum atomic E-state index is 13.1. The molecule has 2 aromatic heterocycles. The molecule has 1 aromatic carbocycles. The molecule has 0 aliphatic rings. The van der Waals surface area contributed by atoms with Gasteiger partial charge in [0.1, 0.15) is 11.5 Å². The van der Waals surface area contributed by atoms with Gasteiger partial charge in [-0.1, -0.05) is 45.6 Å². The van der Waals surface area contributed by atoms with Crippen LogP contribution in [0.15, 0.2) is 67.7 Å². The lowest BCUT2D eigenvalue weighted by molar-refractivity contribution is 0.0417. The number of hydrogen-bond acceptors (Lipinski definition) is 4. The lowest BCUT2D eigenvalue weighted by atomic mass is 10.1. The van der Waals surface area contributed by atoms with Crippen LogP contribution in [0.5, 0.6) is 0 Å². The summed E-state index contributed by atoms with van der Waals surface area (Å²) in [6, 6.07) is 8.19. The van der Waals surface area contributed by atoms with E-state index >= 15 is 0 Å². The summed E-state index contributed by atoms with van der Waals surface area (Å²) in [6.07, 6.45) is 8.32. The number of pyridine rings is 1. The number of nitrogens with zero attached hydrogens (tertiary/aromatic N) is 2. The van der Waals surface area contributed by atoms with Crippen molar-refractivity contribution in [2.24, 2.45) is 0 Å². The molecule has 0 aliphatic heterocycles. The molecule has 7 heteroatoms. The van der Waals surface area contributed by atoms with Gasteiger partial charge in [0.15, 0.2) is 0 Å². The Morgan fingerprint density at radius 3 is 2.59 bits per heavy atom. The molecule has 0 radical (unpaired) electrons. The normalized spacial score (nSPS) is 10.4. The first-order chi connectivity index (χ1) is 16.4. The maximum Gasteiger partial charge on any atom is 0.293 e. The molecule has 0 atom stereocenters. The van der Waals surface area contributed by atoms with Crippen LogP contribution in [0.25, 0.3) is 10.9 Å². The van der Waals surface area contributed by atoms with Crippen LogP contribution in [-0.4, -0.2) is 28.6 Å². The van der Waals surface area contributed by atoms with Crippen molar-refractivity contribution in [2.45, 2.75) is 46.6 Å². The minimum Gasteiger partial charge on any atom is -0.389 e. The van der Waals surface area contributed by atoms with Crippen molar-refractivity contribution in [1.29, 1.82) is 0 Å². The van der Waals surface area contributed by atoms with E-state index in [-0.39, 0.29) is 18.1 Å². The molecule has 2 N–H and O–H groups in total. The summed E-state index contributed by atoms with van der Waals surface area (Å²) in [7, 11) is 0. The van der Waals surface area contributed by atoms with Crippen LogP contribution in [0.4, 0.5) is 4.39 Å². The average Bonchev–Trinajstić information content (AvgIpc) is 3.21. The number of rotatable bonds is 11. The predicted molar refractivity (Wildman–Crippen MR) is 136 cm³/mol. The monoisotopic (exact) mass is 466 g/mol. The number of amides is 1. The number of allylic oxidation sites excluding steroid dienone is 1. The summed E-state index contributed by atoms with van der Waals surface area (Å²) in [4.78, 5) is 21.3. The number of hydroxylamine groups is 1. The number of halogens is 1. The standard InChI is InChI=1S/C20H20FN3O2.C7H15N/c1-3-9-26-23-20(25)18-10-17-15(4-2)13-24(19(17)11-22-18)12-14-5-7-16(21)8-6-14;1-4-6-8-7(3)5-2/h3,5-8,10-11,13H,1,4,9,12H2,2H3,(H,23,25);8H,3-6H2,1-2H3. The van der Waals surface area contributed by atoms with Crippen LogP contribution in [0, 0.1) is 5.82 Å². The SMILES string of the molecule is C=C(CC)NCCC.C=CCONC(=O)c1cc2c(CC)cn(Cc3ccc(F)cc3)c2cn1. The van der Waals surface area contributed by atoms with E-state index in [2.05, 4.69) is 54.3 Å². The van der Waals surface area contributed by atoms with E-state index < -0.39 is 5.91 Å². The molecule has 182 valence electrons. The fourth-order valence-electron chi connectivity index (χ4n) is 3.23. The van der Waals surface area contributed by atoms with Crippen molar-refractivity contribution in [3.05, 3.63) is 90.3 Å². The third-order valence-electron chi connectivity index (χ3n) is 5.15. The van der Waals surface area contributed by atoms with Crippen LogP contribution in [-0.2, 0) is 17.8 Å². The fourth-order valence-corrected chi connectivity index (χ4v) is 3.23. The first-order valence-corrected chi connectivity index (χ1v) is 11.6. The van der Waals surface area contributed by atoms with E-state index in [1.165, 1.54) is 18.6 Å².